The van der Waals surface area contributed by atoms with Crippen molar-refractivity contribution in [2.45, 2.75) is 36.6 Å². The molecule has 0 heterocycles. The molecule has 0 aliphatic heterocycles. The molecule has 0 radical (unpaired) electrons. The van der Waals surface area contributed by atoms with E-state index < -0.39 is 5.97 Å². The summed E-state index contributed by atoms with van der Waals surface area (Å²) >= 11 is 4.57. The first-order valence-corrected chi connectivity index (χ1v) is 8.29. The number of amides is 1. The fourth-order valence-electron chi connectivity index (χ4n) is 2.28. The van der Waals surface area contributed by atoms with Crippen molar-refractivity contribution in [2.75, 3.05) is 5.75 Å². The predicted octanol–water partition coefficient (Wildman–Crippen LogP) is 3.30. The number of nitrogens with one attached hydrogen (secondary N) is 1. The third kappa shape index (κ3) is 4.24. The van der Waals surface area contributed by atoms with Crippen LogP contribution >= 0.6 is 27.7 Å². The van der Waals surface area contributed by atoms with Gasteiger partial charge < -0.3 is 10.4 Å². The Kier molecular flexibility index (Phi) is 5.48. The summed E-state index contributed by atoms with van der Waals surface area (Å²) in [6.45, 7) is 0. The number of carbonyl (C=O) groups is 2. The van der Waals surface area contributed by atoms with Gasteiger partial charge in [0.1, 0.15) is 0 Å². The summed E-state index contributed by atoms with van der Waals surface area (Å²) in [6, 6.07) is 5.26. The smallest absolute Gasteiger partial charge is 0.336 e. The van der Waals surface area contributed by atoms with Gasteiger partial charge in [-0.3, -0.25) is 4.79 Å². The van der Waals surface area contributed by atoms with Crippen molar-refractivity contribution >= 4 is 39.6 Å². The molecule has 108 valence electrons. The quantitative estimate of drug-likeness (QED) is 0.793. The molecule has 0 bridgehead atoms. The molecule has 0 saturated heterocycles. The van der Waals surface area contributed by atoms with Crippen molar-refractivity contribution in [1.29, 1.82) is 0 Å². The van der Waals surface area contributed by atoms with Gasteiger partial charge in [0.15, 0.2) is 0 Å². The highest BCUT2D eigenvalue weighted by molar-refractivity contribution is 9.10. The van der Waals surface area contributed by atoms with E-state index in [0.717, 1.165) is 17.3 Å². The Morgan fingerprint density at radius 2 is 2.05 bits per heavy atom. The maximum absolute atomic E-state index is 11.8. The molecular weight excluding hydrogens is 342 g/mol. The minimum atomic E-state index is -0.976. The number of rotatable bonds is 5. The van der Waals surface area contributed by atoms with Gasteiger partial charge in [-0.15, -0.1) is 11.8 Å². The number of hydrogen-bond donors (Lipinski definition) is 2. The summed E-state index contributed by atoms with van der Waals surface area (Å²) in [7, 11) is 0. The second-order valence-corrected chi connectivity index (χ2v) is 6.72. The number of aromatic carboxylic acids is 1. The number of thioether (sulfide) groups is 1. The molecule has 1 fully saturated rings. The van der Waals surface area contributed by atoms with Crippen molar-refractivity contribution in [1.82, 2.24) is 5.32 Å². The first-order chi connectivity index (χ1) is 9.56. The van der Waals surface area contributed by atoms with E-state index in [4.69, 9.17) is 5.11 Å². The zero-order valence-corrected chi connectivity index (χ0v) is 13.3. The van der Waals surface area contributed by atoms with E-state index >= 15 is 0 Å². The van der Waals surface area contributed by atoms with Crippen LogP contribution in [-0.2, 0) is 4.79 Å². The molecule has 20 heavy (non-hydrogen) atoms. The van der Waals surface area contributed by atoms with Gasteiger partial charge in [-0.1, -0.05) is 28.8 Å². The maximum Gasteiger partial charge on any atom is 0.336 e. The van der Waals surface area contributed by atoms with E-state index in [9.17, 15) is 9.59 Å². The second kappa shape index (κ2) is 7.13. The fraction of sp³-hybridized carbons (Fsp3) is 0.429. The molecule has 1 saturated carbocycles. The summed E-state index contributed by atoms with van der Waals surface area (Å²) in [6.07, 6.45) is 4.45. The molecule has 1 aromatic rings. The fourth-order valence-corrected chi connectivity index (χ4v) is 3.68. The Bertz CT molecular complexity index is 515. The van der Waals surface area contributed by atoms with Gasteiger partial charge in [0.05, 0.1) is 11.3 Å². The molecule has 0 atom stereocenters. The van der Waals surface area contributed by atoms with Crippen LogP contribution in [0.2, 0.25) is 0 Å². The van der Waals surface area contributed by atoms with Gasteiger partial charge in [0, 0.05) is 15.4 Å². The van der Waals surface area contributed by atoms with Crippen LogP contribution in [0.25, 0.3) is 0 Å². The zero-order chi connectivity index (χ0) is 14.5. The maximum atomic E-state index is 11.8. The van der Waals surface area contributed by atoms with E-state index in [0.29, 0.717) is 10.9 Å². The summed E-state index contributed by atoms with van der Waals surface area (Å²) in [5, 5.41) is 12.1. The number of benzene rings is 1. The van der Waals surface area contributed by atoms with Gasteiger partial charge in [0.2, 0.25) is 5.91 Å². The van der Waals surface area contributed by atoms with Gasteiger partial charge in [-0.2, -0.15) is 0 Å². The first kappa shape index (κ1) is 15.4. The molecule has 2 N–H and O–H groups in total. The Labute approximate surface area is 130 Å². The Morgan fingerprint density at radius 1 is 1.35 bits per heavy atom. The highest BCUT2D eigenvalue weighted by Crippen LogP contribution is 2.27. The highest BCUT2D eigenvalue weighted by atomic mass is 79.9. The average Bonchev–Trinajstić information content (AvgIpc) is 2.89. The van der Waals surface area contributed by atoms with Crippen LogP contribution in [0.3, 0.4) is 0 Å². The lowest BCUT2D eigenvalue weighted by Gasteiger charge is -2.12. The number of halogens is 1. The standard InChI is InChI=1S/C14H16BrNO3S/c15-9-5-6-11(14(18)19)12(7-9)20-8-13(17)16-10-3-1-2-4-10/h5-7,10H,1-4,8H2,(H,16,17)(H,18,19). The Morgan fingerprint density at radius 3 is 2.70 bits per heavy atom. The van der Waals surface area contributed by atoms with Crippen LogP contribution in [0.15, 0.2) is 27.6 Å². The average molecular weight is 358 g/mol. The van der Waals surface area contributed by atoms with Crippen LogP contribution in [-0.4, -0.2) is 28.8 Å². The molecule has 6 heteroatoms. The van der Waals surface area contributed by atoms with E-state index in [2.05, 4.69) is 21.2 Å². The molecule has 0 aromatic heterocycles. The number of carboxylic acid groups (broad SMARTS) is 1. The van der Waals surface area contributed by atoms with E-state index in [1.54, 1.807) is 18.2 Å². The van der Waals surface area contributed by atoms with Crippen LogP contribution in [0.1, 0.15) is 36.0 Å². The molecule has 1 aliphatic rings. The Hall–Kier alpha value is -1.01. The largest absolute Gasteiger partial charge is 0.478 e. The molecule has 1 aromatic carbocycles. The Balaban J connectivity index is 1.94. The van der Waals surface area contributed by atoms with E-state index in [1.165, 1.54) is 24.6 Å². The first-order valence-electron chi connectivity index (χ1n) is 6.51. The molecule has 1 aliphatic carbocycles. The van der Waals surface area contributed by atoms with Gasteiger partial charge in [-0.05, 0) is 31.0 Å². The number of hydrogen-bond acceptors (Lipinski definition) is 3. The van der Waals surface area contributed by atoms with E-state index in [-0.39, 0.29) is 17.2 Å². The lowest BCUT2D eigenvalue weighted by atomic mass is 10.2. The van der Waals surface area contributed by atoms with Crippen LogP contribution in [0.5, 0.6) is 0 Å². The van der Waals surface area contributed by atoms with Crippen molar-refractivity contribution in [3.05, 3.63) is 28.2 Å². The monoisotopic (exact) mass is 357 g/mol. The third-order valence-corrected chi connectivity index (χ3v) is 4.80. The van der Waals surface area contributed by atoms with Crippen molar-refractivity contribution < 1.29 is 14.7 Å². The molecule has 0 spiro atoms. The van der Waals surface area contributed by atoms with E-state index in [1.807, 2.05) is 0 Å². The van der Waals surface area contributed by atoms with Crippen molar-refractivity contribution in [3.8, 4) is 0 Å². The molecule has 4 nitrogen and oxygen atoms in total. The van der Waals surface area contributed by atoms with Gasteiger partial charge >= 0.3 is 5.97 Å². The van der Waals surface area contributed by atoms with Crippen molar-refractivity contribution in [2.24, 2.45) is 0 Å². The summed E-state index contributed by atoms with van der Waals surface area (Å²) in [5.74, 6) is -0.762. The summed E-state index contributed by atoms with van der Waals surface area (Å²) in [4.78, 5) is 23.6. The third-order valence-electron chi connectivity index (χ3n) is 3.25. The predicted molar refractivity (Wildman–Crippen MR) is 82.2 cm³/mol. The van der Waals surface area contributed by atoms with Gasteiger partial charge in [0.25, 0.3) is 0 Å². The molecule has 0 unspecified atom stereocenters. The summed E-state index contributed by atoms with van der Waals surface area (Å²) < 4.78 is 0.807. The summed E-state index contributed by atoms with van der Waals surface area (Å²) in [5.41, 5.74) is 0.229. The van der Waals surface area contributed by atoms with Gasteiger partial charge in [-0.25, -0.2) is 4.79 Å². The molecular formula is C14H16BrNO3S. The van der Waals surface area contributed by atoms with Crippen molar-refractivity contribution in [3.63, 3.8) is 0 Å². The lowest BCUT2D eigenvalue weighted by Crippen LogP contribution is -2.33. The van der Waals surface area contributed by atoms with Crippen LogP contribution < -0.4 is 5.32 Å². The topological polar surface area (TPSA) is 66.4 Å². The zero-order valence-electron chi connectivity index (χ0n) is 10.9. The lowest BCUT2D eigenvalue weighted by molar-refractivity contribution is -0.119. The minimum absolute atomic E-state index is 0.0294. The number of carbonyl (C=O) groups excluding carboxylic acids is 1. The molecule has 2 rings (SSSR count). The molecule has 1 amide bonds. The SMILES string of the molecule is O=C(CSc1cc(Br)ccc1C(=O)O)NC1CCCC1. The normalized spacial score (nSPS) is 15.2. The van der Waals surface area contributed by atoms with Crippen LogP contribution in [0, 0.1) is 0 Å². The van der Waals surface area contributed by atoms with Crippen LogP contribution in [0.4, 0.5) is 0 Å². The minimum Gasteiger partial charge on any atom is -0.478 e. The second-order valence-electron chi connectivity index (χ2n) is 4.78. The highest BCUT2D eigenvalue weighted by Gasteiger charge is 2.18. The number of carboxylic acids is 1.